The van der Waals surface area contributed by atoms with Crippen molar-refractivity contribution in [3.63, 3.8) is 0 Å². The standard InChI is InChI=1S/C24H39NO2/c1-23-11-9-16(6-4-3-5-13-25)14-20(23)21(26)15-17-18-7-8-22(27)24(18,2)12-10-19(17)23/h16-20H,3-15,25H2,1-2H3/t16-,17-,18-,19-,20?,23+,24-/m0/s1. The van der Waals surface area contributed by atoms with Crippen LogP contribution in [0.3, 0.4) is 0 Å². The van der Waals surface area contributed by atoms with Gasteiger partial charge < -0.3 is 5.73 Å². The van der Waals surface area contributed by atoms with Crippen molar-refractivity contribution in [3.05, 3.63) is 0 Å². The molecule has 4 aliphatic carbocycles. The Labute approximate surface area is 165 Å². The number of hydrogen-bond donors (Lipinski definition) is 1. The van der Waals surface area contributed by atoms with Crippen LogP contribution < -0.4 is 5.73 Å². The highest BCUT2D eigenvalue weighted by Gasteiger charge is 2.62. The fourth-order valence-corrected chi connectivity index (χ4v) is 7.91. The molecule has 2 N–H and O–H groups in total. The summed E-state index contributed by atoms with van der Waals surface area (Å²) in [5.74, 6) is 3.66. The molecule has 0 aromatic heterocycles. The molecule has 4 fully saturated rings. The molecule has 1 unspecified atom stereocenters. The van der Waals surface area contributed by atoms with Crippen LogP contribution in [0.5, 0.6) is 0 Å². The first kappa shape index (κ1) is 19.6. The molecule has 0 saturated heterocycles. The van der Waals surface area contributed by atoms with E-state index in [0.717, 1.165) is 51.0 Å². The normalized spacial score (nSPS) is 46.7. The molecule has 0 heterocycles. The van der Waals surface area contributed by atoms with E-state index in [4.69, 9.17) is 5.73 Å². The van der Waals surface area contributed by atoms with E-state index in [2.05, 4.69) is 13.8 Å². The van der Waals surface area contributed by atoms with Crippen molar-refractivity contribution in [1.29, 1.82) is 0 Å². The summed E-state index contributed by atoms with van der Waals surface area (Å²) in [6, 6.07) is 0. The molecule has 4 rings (SSSR count). The predicted molar refractivity (Wildman–Crippen MR) is 108 cm³/mol. The summed E-state index contributed by atoms with van der Waals surface area (Å²) in [4.78, 5) is 25.8. The molecule has 4 aliphatic rings. The SMILES string of the molecule is C[C@]12CC[C@H](CCCCCN)CC1C(=O)C[C@@H]1[C@@H]2CC[C@]2(C)C(=O)CC[C@@H]12. The summed E-state index contributed by atoms with van der Waals surface area (Å²) >= 11 is 0. The van der Waals surface area contributed by atoms with Crippen molar-refractivity contribution in [2.24, 2.45) is 46.2 Å². The van der Waals surface area contributed by atoms with Crippen LogP contribution in [-0.2, 0) is 9.59 Å². The molecule has 0 amide bonds. The average molecular weight is 374 g/mol. The van der Waals surface area contributed by atoms with E-state index in [-0.39, 0.29) is 16.7 Å². The molecule has 0 radical (unpaired) electrons. The molecule has 3 nitrogen and oxygen atoms in total. The lowest BCUT2D eigenvalue weighted by molar-refractivity contribution is -0.158. The van der Waals surface area contributed by atoms with Gasteiger partial charge >= 0.3 is 0 Å². The fourth-order valence-electron chi connectivity index (χ4n) is 7.91. The number of Topliss-reactive ketones (excluding diaryl/α,β-unsaturated/α-hetero) is 2. The number of hydrogen-bond acceptors (Lipinski definition) is 3. The fraction of sp³-hybridized carbons (Fsp3) is 0.917. The summed E-state index contributed by atoms with van der Waals surface area (Å²) in [6.07, 6.45) is 13.4. The van der Waals surface area contributed by atoms with Crippen molar-refractivity contribution in [2.75, 3.05) is 6.54 Å². The van der Waals surface area contributed by atoms with Gasteiger partial charge in [-0.2, -0.15) is 0 Å². The summed E-state index contributed by atoms with van der Waals surface area (Å²) in [7, 11) is 0. The highest BCUT2D eigenvalue weighted by Crippen LogP contribution is 2.65. The molecule has 3 heteroatoms. The minimum absolute atomic E-state index is 0.120. The highest BCUT2D eigenvalue weighted by atomic mass is 16.1. The van der Waals surface area contributed by atoms with Crippen LogP contribution in [0.2, 0.25) is 0 Å². The van der Waals surface area contributed by atoms with E-state index in [9.17, 15) is 9.59 Å². The Morgan fingerprint density at radius 3 is 2.59 bits per heavy atom. The van der Waals surface area contributed by atoms with E-state index >= 15 is 0 Å². The molecule has 4 saturated carbocycles. The lowest BCUT2D eigenvalue weighted by Crippen LogP contribution is -2.56. The van der Waals surface area contributed by atoms with Crippen LogP contribution in [0.25, 0.3) is 0 Å². The molecular formula is C24H39NO2. The van der Waals surface area contributed by atoms with Gasteiger partial charge in [0.2, 0.25) is 0 Å². The zero-order valence-electron chi connectivity index (χ0n) is 17.5. The van der Waals surface area contributed by atoms with Crippen molar-refractivity contribution in [3.8, 4) is 0 Å². The van der Waals surface area contributed by atoms with Crippen molar-refractivity contribution in [2.45, 2.75) is 90.9 Å². The number of ketones is 2. The Kier molecular flexibility index (Phi) is 5.29. The summed E-state index contributed by atoms with van der Waals surface area (Å²) < 4.78 is 0. The molecule has 152 valence electrons. The third-order valence-corrected chi connectivity index (χ3v) is 9.59. The zero-order valence-corrected chi connectivity index (χ0v) is 17.5. The number of unbranched alkanes of at least 4 members (excludes halogenated alkanes) is 2. The van der Waals surface area contributed by atoms with Crippen LogP contribution in [0.4, 0.5) is 0 Å². The smallest absolute Gasteiger partial charge is 0.139 e. The molecule has 0 spiro atoms. The third kappa shape index (κ3) is 3.12. The number of fused-ring (bicyclic) bond motifs is 5. The van der Waals surface area contributed by atoms with Crippen LogP contribution in [-0.4, -0.2) is 18.1 Å². The Morgan fingerprint density at radius 2 is 1.81 bits per heavy atom. The van der Waals surface area contributed by atoms with E-state index in [1.807, 2.05) is 0 Å². The van der Waals surface area contributed by atoms with E-state index in [0.29, 0.717) is 29.3 Å². The second-order valence-electron chi connectivity index (χ2n) is 10.8. The van der Waals surface area contributed by atoms with Crippen molar-refractivity contribution >= 4 is 11.6 Å². The zero-order chi connectivity index (χ0) is 19.2. The maximum Gasteiger partial charge on any atom is 0.139 e. The van der Waals surface area contributed by atoms with Crippen LogP contribution >= 0.6 is 0 Å². The van der Waals surface area contributed by atoms with Crippen LogP contribution in [0.1, 0.15) is 90.9 Å². The second kappa shape index (κ2) is 7.28. The minimum atomic E-state index is -0.120. The first-order valence-electron chi connectivity index (χ1n) is 11.7. The monoisotopic (exact) mass is 373 g/mol. The molecule has 0 aromatic rings. The minimum Gasteiger partial charge on any atom is -0.330 e. The van der Waals surface area contributed by atoms with Gasteiger partial charge in [0.15, 0.2) is 0 Å². The molecule has 0 bridgehead atoms. The van der Waals surface area contributed by atoms with Crippen LogP contribution in [0.15, 0.2) is 0 Å². The largest absolute Gasteiger partial charge is 0.330 e. The Morgan fingerprint density at radius 1 is 1.00 bits per heavy atom. The maximum absolute atomic E-state index is 13.3. The Bertz CT molecular complexity index is 601. The molecular weight excluding hydrogens is 334 g/mol. The van der Waals surface area contributed by atoms with Crippen LogP contribution in [0, 0.1) is 40.4 Å². The van der Waals surface area contributed by atoms with Gasteiger partial charge in [0, 0.05) is 24.2 Å². The predicted octanol–water partition coefficient (Wildman–Crippen LogP) is 4.91. The number of rotatable bonds is 5. The topological polar surface area (TPSA) is 60.2 Å². The van der Waals surface area contributed by atoms with Crippen molar-refractivity contribution < 1.29 is 9.59 Å². The Balaban J connectivity index is 1.48. The number of carbonyl (C=O) groups excluding carboxylic acids is 2. The van der Waals surface area contributed by atoms with Gasteiger partial charge in [-0.05, 0) is 80.6 Å². The van der Waals surface area contributed by atoms with Gasteiger partial charge in [0.25, 0.3) is 0 Å². The average Bonchev–Trinajstić information content (AvgIpc) is 2.95. The summed E-state index contributed by atoms with van der Waals surface area (Å²) in [5.41, 5.74) is 5.70. The lowest BCUT2D eigenvalue weighted by Gasteiger charge is -2.59. The molecule has 7 atom stereocenters. The van der Waals surface area contributed by atoms with E-state index in [1.54, 1.807) is 0 Å². The first-order chi connectivity index (χ1) is 12.9. The van der Waals surface area contributed by atoms with E-state index < -0.39 is 0 Å². The van der Waals surface area contributed by atoms with Gasteiger partial charge in [-0.15, -0.1) is 0 Å². The first-order valence-corrected chi connectivity index (χ1v) is 11.7. The third-order valence-electron chi connectivity index (χ3n) is 9.59. The number of carbonyl (C=O) groups is 2. The highest BCUT2D eigenvalue weighted by molar-refractivity contribution is 5.88. The van der Waals surface area contributed by atoms with E-state index in [1.165, 1.54) is 38.5 Å². The quantitative estimate of drug-likeness (QED) is 0.696. The second-order valence-corrected chi connectivity index (χ2v) is 10.8. The van der Waals surface area contributed by atoms with Gasteiger partial charge in [0.05, 0.1) is 0 Å². The maximum atomic E-state index is 13.3. The molecule has 0 aliphatic heterocycles. The summed E-state index contributed by atoms with van der Waals surface area (Å²) in [5, 5.41) is 0. The molecule has 27 heavy (non-hydrogen) atoms. The molecule has 0 aromatic carbocycles. The van der Waals surface area contributed by atoms with Gasteiger partial charge in [-0.25, -0.2) is 0 Å². The lowest BCUT2D eigenvalue weighted by atomic mass is 9.44. The van der Waals surface area contributed by atoms with Gasteiger partial charge in [0.1, 0.15) is 11.6 Å². The Hall–Kier alpha value is -0.700. The van der Waals surface area contributed by atoms with Gasteiger partial charge in [-0.1, -0.05) is 33.1 Å². The van der Waals surface area contributed by atoms with Gasteiger partial charge in [-0.3, -0.25) is 9.59 Å². The number of nitrogens with two attached hydrogens (primary N) is 1. The summed E-state index contributed by atoms with van der Waals surface area (Å²) in [6.45, 7) is 5.45. The van der Waals surface area contributed by atoms with Crippen molar-refractivity contribution in [1.82, 2.24) is 0 Å².